The molecule has 36 heavy (non-hydrogen) atoms. The number of carboxylic acid groups (broad SMARTS) is 1. The van der Waals surface area contributed by atoms with Crippen molar-refractivity contribution in [2.24, 2.45) is 0 Å². The maximum absolute atomic E-state index is 12.3. The average molecular weight is 543 g/mol. The van der Waals surface area contributed by atoms with Crippen molar-refractivity contribution in [1.82, 2.24) is 15.2 Å². The second-order valence-corrected chi connectivity index (χ2v) is 9.73. The highest BCUT2D eigenvalue weighted by molar-refractivity contribution is 7.47. The molecule has 11 nitrogen and oxygen atoms in total. The molecule has 2 atom stereocenters. The van der Waals surface area contributed by atoms with Crippen LogP contribution in [-0.2, 0) is 14.3 Å². The third-order valence-corrected chi connectivity index (χ3v) is 6.39. The van der Waals surface area contributed by atoms with Gasteiger partial charge in [-0.25, -0.2) is 9.59 Å². The Bertz CT molecular complexity index is 1040. The van der Waals surface area contributed by atoms with Crippen molar-refractivity contribution >= 4 is 54.5 Å². The number of aromatic nitrogens is 1. The van der Waals surface area contributed by atoms with Gasteiger partial charge < -0.3 is 35.2 Å². The molecule has 0 bridgehead atoms. The fourth-order valence-electron chi connectivity index (χ4n) is 3.48. The monoisotopic (exact) mass is 542 g/mol. The normalized spacial score (nSPS) is 12.7. The lowest BCUT2D eigenvalue weighted by atomic mass is 10.1. The summed E-state index contributed by atoms with van der Waals surface area (Å²) in [6.07, 6.45) is 2.84. The van der Waals surface area contributed by atoms with E-state index in [1.807, 2.05) is 36.5 Å². The molecule has 5 N–H and O–H groups in total. The smallest absolute Gasteiger partial charge is 0.409 e. The van der Waals surface area contributed by atoms with E-state index < -0.39 is 32.1 Å². The van der Waals surface area contributed by atoms with E-state index in [4.69, 9.17) is 31.2 Å². The first-order valence-electron chi connectivity index (χ1n) is 11.5. The van der Waals surface area contributed by atoms with Crippen LogP contribution in [0.15, 0.2) is 30.5 Å². The van der Waals surface area contributed by atoms with Crippen LogP contribution in [0.2, 0.25) is 5.02 Å². The van der Waals surface area contributed by atoms with Crippen LogP contribution in [-0.4, -0.2) is 74.3 Å². The minimum atomic E-state index is -2.85. The SMILES string of the molecule is CCN(CCCC(C)Nc1ccnc2cc(Cl)ccc12)C(=O)OCCCC(=O)NC(C(=O)O)P(O)O. The lowest BCUT2D eigenvalue weighted by Crippen LogP contribution is -2.39. The van der Waals surface area contributed by atoms with Gasteiger partial charge in [0.25, 0.3) is 0 Å². The minimum Gasteiger partial charge on any atom is -0.479 e. The lowest BCUT2D eigenvalue weighted by Gasteiger charge is -2.22. The fraction of sp³-hybridized carbons (Fsp3) is 0.478. The number of aliphatic carboxylic acids is 1. The Hall–Kier alpha value is -2.72. The molecular formula is C23H32ClN4O7P. The molecule has 0 saturated carbocycles. The summed E-state index contributed by atoms with van der Waals surface area (Å²) < 4.78 is 5.22. The fourth-order valence-corrected chi connectivity index (χ4v) is 4.10. The van der Waals surface area contributed by atoms with Crippen molar-refractivity contribution in [2.45, 2.75) is 51.4 Å². The number of benzene rings is 1. The maximum Gasteiger partial charge on any atom is 0.409 e. The first kappa shape index (κ1) is 29.5. The second-order valence-electron chi connectivity index (χ2n) is 8.13. The molecule has 0 saturated heterocycles. The molecule has 0 radical (unpaired) electrons. The number of nitrogens with zero attached hydrogens (tertiary/aromatic N) is 2. The summed E-state index contributed by atoms with van der Waals surface area (Å²) in [5.74, 6) is -3.96. The topological polar surface area (TPSA) is 161 Å². The van der Waals surface area contributed by atoms with Gasteiger partial charge in [-0.3, -0.25) is 9.78 Å². The van der Waals surface area contributed by atoms with Gasteiger partial charge in [0.15, 0.2) is 5.78 Å². The summed E-state index contributed by atoms with van der Waals surface area (Å²) >= 11 is 6.05. The Morgan fingerprint density at radius 3 is 2.64 bits per heavy atom. The van der Waals surface area contributed by atoms with Gasteiger partial charge in [-0.1, -0.05) is 11.6 Å². The molecule has 2 unspecified atom stereocenters. The highest BCUT2D eigenvalue weighted by Gasteiger charge is 2.27. The van der Waals surface area contributed by atoms with Gasteiger partial charge in [-0.15, -0.1) is 0 Å². The molecule has 1 aromatic heterocycles. The zero-order chi connectivity index (χ0) is 26.7. The van der Waals surface area contributed by atoms with E-state index in [1.165, 1.54) is 0 Å². The second kappa shape index (κ2) is 14.7. The first-order chi connectivity index (χ1) is 17.1. The number of hydrogen-bond acceptors (Lipinski definition) is 8. The summed E-state index contributed by atoms with van der Waals surface area (Å²) in [5.41, 5.74) is 1.77. The van der Waals surface area contributed by atoms with Crippen LogP contribution in [0.5, 0.6) is 0 Å². The number of rotatable bonds is 14. The van der Waals surface area contributed by atoms with Crippen LogP contribution in [0.1, 0.15) is 39.5 Å². The van der Waals surface area contributed by atoms with E-state index in [0.717, 1.165) is 29.4 Å². The number of ether oxygens (including phenoxy) is 1. The van der Waals surface area contributed by atoms with Crippen molar-refractivity contribution in [3.05, 3.63) is 35.5 Å². The minimum absolute atomic E-state index is 0.0232. The molecule has 1 aromatic carbocycles. The molecule has 2 aromatic rings. The van der Waals surface area contributed by atoms with Gasteiger partial charge in [-0.05, 0) is 57.4 Å². The number of amides is 2. The number of halogens is 1. The number of carbonyl (C=O) groups excluding carboxylic acids is 2. The molecule has 2 rings (SSSR count). The summed E-state index contributed by atoms with van der Waals surface area (Å²) in [7, 11) is -2.85. The van der Waals surface area contributed by atoms with Gasteiger partial charge in [0.1, 0.15) is 0 Å². The van der Waals surface area contributed by atoms with Crippen molar-refractivity contribution < 1.29 is 34.0 Å². The van der Waals surface area contributed by atoms with E-state index >= 15 is 0 Å². The summed E-state index contributed by atoms with van der Waals surface area (Å²) in [6.45, 7) is 4.86. The van der Waals surface area contributed by atoms with Crippen molar-refractivity contribution in [3.8, 4) is 0 Å². The van der Waals surface area contributed by atoms with Crippen LogP contribution in [0.3, 0.4) is 0 Å². The molecule has 1 heterocycles. The van der Waals surface area contributed by atoms with Crippen molar-refractivity contribution in [3.63, 3.8) is 0 Å². The average Bonchev–Trinajstić information content (AvgIpc) is 2.82. The number of fused-ring (bicyclic) bond motifs is 1. The summed E-state index contributed by atoms with van der Waals surface area (Å²) in [4.78, 5) is 59.0. The third-order valence-electron chi connectivity index (χ3n) is 5.35. The first-order valence-corrected chi connectivity index (χ1v) is 13.2. The van der Waals surface area contributed by atoms with Gasteiger partial charge in [0, 0.05) is 47.8 Å². The molecule has 0 fully saturated rings. The Labute approximate surface area is 215 Å². The van der Waals surface area contributed by atoms with Gasteiger partial charge in [0.05, 0.1) is 12.1 Å². The Morgan fingerprint density at radius 1 is 1.22 bits per heavy atom. The standard InChI is InChI=1S/C23H32ClN4O7P/c1-3-28(23(32)35-13-5-7-20(29)27-21(22(30)31)36(33)34)12-4-6-15(2)26-18-10-11-25-19-14-16(24)8-9-17(18)19/h8-11,14-15,21,33-34H,3-7,12-13H2,1-2H3,(H,25,26)(H,27,29)(H,30,31). The van der Waals surface area contributed by atoms with Crippen LogP contribution >= 0.6 is 20.0 Å². The highest BCUT2D eigenvalue weighted by atomic mass is 35.5. The molecule has 0 spiro atoms. The molecule has 2 amide bonds. The zero-order valence-electron chi connectivity index (χ0n) is 20.2. The van der Waals surface area contributed by atoms with E-state index in [0.29, 0.717) is 18.1 Å². The zero-order valence-corrected chi connectivity index (χ0v) is 21.8. The number of carboxylic acids is 1. The molecule has 0 aliphatic rings. The Balaban J connectivity index is 1.71. The van der Waals surface area contributed by atoms with Crippen molar-refractivity contribution in [1.29, 1.82) is 0 Å². The van der Waals surface area contributed by atoms with E-state index in [9.17, 15) is 14.4 Å². The van der Waals surface area contributed by atoms with Crippen molar-refractivity contribution in [2.75, 3.05) is 25.0 Å². The molecule has 0 aliphatic carbocycles. The molecule has 0 aliphatic heterocycles. The number of pyridine rings is 1. The van der Waals surface area contributed by atoms with Crippen LogP contribution in [0.4, 0.5) is 10.5 Å². The highest BCUT2D eigenvalue weighted by Crippen LogP contribution is 2.29. The molecule has 198 valence electrons. The van der Waals surface area contributed by atoms with Crippen LogP contribution in [0.25, 0.3) is 10.9 Å². The third kappa shape index (κ3) is 9.39. The molecule has 13 heteroatoms. The van der Waals surface area contributed by atoms with Gasteiger partial charge >= 0.3 is 12.1 Å². The van der Waals surface area contributed by atoms with E-state index in [1.54, 1.807) is 11.1 Å². The summed E-state index contributed by atoms with van der Waals surface area (Å²) in [6, 6.07) is 7.63. The number of hydrogen-bond donors (Lipinski definition) is 5. The lowest BCUT2D eigenvalue weighted by molar-refractivity contribution is -0.139. The van der Waals surface area contributed by atoms with E-state index in [2.05, 4.69) is 17.2 Å². The Kier molecular flexibility index (Phi) is 12.1. The Morgan fingerprint density at radius 2 is 1.97 bits per heavy atom. The maximum atomic E-state index is 12.3. The number of carbonyl (C=O) groups is 3. The predicted molar refractivity (Wildman–Crippen MR) is 138 cm³/mol. The quantitative estimate of drug-likeness (QED) is 0.177. The largest absolute Gasteiger partial charge is 0.479 e. The number of nitrogens with one attached hydrogen (secondary N) is 2. The number of anilines is 1. The van der Waals surface area contributed by atoms with Gasteiger partial charge in [0.2, 0.25) is 14.3 Å². The van der Waals surface area contributed by atoms with Crippen LogP contribution < -0.4 is 10.6 Å². The predicted octanol–water partition coefficient (Wildman–Crippen LogP) is 3.53. The summed E-state index contributed by atoms with van der Waals surface area (Å²) in [5, 5.41) is 16.0. The molecular weight excluding hydrogens is 511 g/mol. The van der Waals surface area contributed by atoms with Crippen LogP contribution in [0, 0.1) is 0 Å². The van der Waals surface area contributed by atoms with Gasteiger partial charge in [-0.2, -0.15) is 0 Å². The van der Waals surface area contributed by atoms with E-state index in [-0.39, 0.29) is 25.5 Å².